The van der Waals surface area contributed by atoms with E-state index in [0.29, 0.717) is 5.92 Å². The van der Waals surface area contributed by atoms with Crippen molar-refractivity contribution >= 4 is 0 Å². The van der Waals surface area contributed by atoms with Crippen LogP contribution in [0.2, 0.25) is 0 Å². The van der Waals surface area contributed by atoms with Gasteiger partial charge in [-0.05, 0) is 12.8 Å². The molecule has 0 saturated heterocycles. The monoisotopic (exact) mass is 151 g/mol. The fraction of sp³-hybridized carbons (Fsp3) is 0.625. The van der Waals surface area contributed by atoms with E-state index in [1.54, 1.807) is 0 Å². The summed E-state index contributed by atoms with van der Waals surface area (Å²) in [6, 6.07) is 0. The number of rotatable bonds is 1. The lowest BCUT2D eigenvalue weighted by atomic mass is 10.1. The van der Waals surface area contributed by atoms with Gasteiger partial charge in [0, 0.05) is 25.2 Å². The lowest BCUT2D eigenvalue weighted by Crippen LogP contribution is -2.12. The first-order valence-corrected chi connectivity index (χ1v) is 4.03. The third-order valence-corrected chi connectivity index (χ3v) is 2.46. The van der Waals surface area contributed by atoms with E-state index in [1.165, 1.54) is 17.8 Å². The molecule has 1 aromatic heterocycles. The van der Waals surface area contributed by atoms with Gasteiger partial charge in [-0.2, -0.15) is 0 Å². The minimum Gasteiger partial charge on any atom is -0.337 e. The molecule has 1 aromatic rings. The molecule has 0 aliphatic heterocycles. The van der Waals surface area contributed by atoms with Crippen LogP contribution in [0, 0.1) is 0 Å². The van der Waals surface area contributed by atoms with E-state index in [-0.39, 0.29) is 0 Å². The molecule has 0 aromatic carbocycles. The van der Waals surface area contributed by atoms with Gasteiger partial charge in [-0.15, -0.1) is 0 Å². The van der Waals surface area contributed by atoms with Crippen molar-refractivity contribution in [2.24, 2.45) is 12.8 Å². The number of aryl methyl sites for hydroxylation is 2. The maximum absolute atomic E-state index is 5.64. The lowest BCUT2D eigenvalue weighted by Gasteiger charge is -2.07. The summed E-state index contributed by atoms with van der Waals surface area (Å²) in [5.74, 6) is 0.553. The number of nitrogens with zero attached hydrogens (tertiary/aromatic N) is 2. The van der Waals surface area contributed by atoms with Crippen molar-refractivity contribution in [3.05, 3.63) is 17.7 Å². The van der Waals surface area contributed by atoms with Gasteiger partial charge in [-0.25, -0.2) is 4.98 Å². The van der Waals surface area contributed by atoms with E-state index in [9.17, 15) is 0 Å². The predicted molar refractivity (Wildman–Crippen MR) is 43.3 cm³/mol. The Morgan fingerprint density at radius 2 is 2.64 bits per heavy atom. The Balaban J connectivity index is 2.42. The molecule has 0 spiro atoms. The second-order valence-corrected chi connectivity index (χ2v) is 3.16. The van der Waals surface area contributed by atoms with Crippen molar-refractivity contribution in [2.75, 3.05) is 6.54 Å². The zero-order chi connectivity index (χ0) is 7.84. The van der Waals surface area contributed by atoms with Gasteiger partial charge >= 0.3 is 0 Å². The molecule has 60 valence electrons. The van der Waals surface area contributed by atoms with E-state index in [2.05, 4.69) is 9.55 Å². The van der Waals surface area contributed by atoms with Crippen molar-refractivity contribution in [2.45, 2.75) is 18.8 Å². The second-order valence-electron chi connectivity index (χ2n) is 3.16. The molecule has 0 bridgehead atoms. The number of hydrogen-bond acceptors (Lipinski definition) is 2. The van der Waals surface area contributed by atoms with Crippen LogP contribution in [0.3, 0.4) is 0 Å². The van der Waals surface area contributed by atoms with Crippen molar-refractivity contribution in [1.29, 1.82) is 0 Å². The molecule has 1 atom stereocenters. The van der Waals surface area contributed by atoms with E-state index in [1.807, 2.05) is 13.4 Å². The first kappa shape index (κ1) is 6.85. The van der Waals surface area contributed by atoms with E-state index in [4.69, 9.17) is 5.73 Å². The predicted octanol–water partition coefficient (Wildman–Crippen LogP) is 0.409. The van der Waals surface area contributed by atoms with Gasteiger partial charge in [-0.1, -0.05) is 0 Å². The highest BCUT2D eigenvalue weighted by molar-refractivity contribution is 5.24. The van der Waals surface area contributed by atoms with E-state index in [0.717, 1.165) is 13.0 Å². The third kappa shape index (κ3) is 0.878. The molecule has 1 unspecified atom stereocenters. The number of nitrogens with two attached hydrogens (primary N) is 1. The van der Waals surface area contributed by atoms with Gasteiger partial charge in [0.2, 0.25) is 0 Å². The average Bonchev–Trinajstić information content (AvgIpc) is 2.54. The molecule has 2 rings (SSSR count). The minimum atomic E-state index is 0.553. The van der Waals surface area contributed by atoms with Crippen LogP contribution in [0.4, 0.5) is 0 Å². The van der Waals surface area contributed by atoms with Crippen LogP contribution in [0.15, 0.2) is 6.33 Å². The van der Waals surface area contributed by atoms with Crippen LogP contribution in [-0.2, 0) is 13.5 Å². The molecule has 3 nitrogen and oxygen atoms in total. The van der Waals surface area contributed by atoms with Gasteiger partial charge in [-0.3, -0.25) is 0 Å². The molecule has 11 heavy (non-hydrogen) atoms. The summed E-state index contributed by atoms with van der Waals surface area (Å²) in [6.45, 7) is 0.756. The van der Waals surface area contributed by atoms with Crippen LogP contribution in [-0.4, -0.2) is 16.1 Å². The smallest absolute Gasteiger partial charge is 0.0949 e. The summed E-state index contributed by atoms with van der Waals surface area (Å²) in [6.07, 6.45) is 4.17. The lowest BCUT2D eigenvalue weighted by molar-refractivity contribution is 0.639. The van der Waals surface area contributed by atoms with E-state index < -0.39 is 0 Å². The quantitative estimate of drug-likeness (QED) is 0.631. The molecule has 1 aliphatic rings. The zero-order valence-electron chi connectivity index (χ0n) is 6.75. The first-order valence-electron chi connectivity index (χ1n) is 4.03. The van der Waals surface area contributed by atoms with Gasteiger partial charge in [0.25, 0.3) is 0 Å². The minimum absolute atomic E-state index is 0.553. The normalized spacial score (nSPS) is 22.2. The molecular weight excluding hydrogens is 138 g/mol. The SMILES string of the molecule is Cn1cnc2c1C(CN)CC2. The van der Waals surface area contributed by atoms with Crippen LogP contribution in [0.1, 0.15) is 23.7 Å². The van der Waals surface area contributed by atoms with Gasteiger partial charge in [0.05, 0.1) is 12.0 Å². The van der Waals surface area contributed by atoms with Crippen molar-refractivity contribution in [3.8, 4) is 0 Å². The molecule has 0 saturated carbocycles. The fourth-order valence-electron chi connectivity index (χ4n) is 1.88. The topological polar surface area (TPSA) is 43.8 Å². The van der Waals surface area contributed by atoms with Crippen LogP contribution < -0.4 is 5.73 Å². The van der Waals surface area contributed by atoms with Crippen molar-refractivity contribution in [1.82, 2.24) is 9.55 Å². The number of aromatic nitrogens is 2. The summed E-state index contributed by atoms with van der Waals surface area (Å²) in [4.78, 5) is 4.30. The summed E-state index contributed by atoms with van der Waals surface area (Å²) in [5.41, 5.74) is 8.24. The average molecular weight is 151 g/mol. The Hall–Kier alpha value is -0.830. The maximum atomic E-state index is 5.64. The summed E-state index contributed by atoms with van der Waals surface area (Å²) < 4.78 is 2.10. The Labute approximate surface area is 66.2 Å². The van der Waals surface area contributed by atoms with E-state index >= 15 is 0 Å². The number of fused-ring (bicyclic) bond motifs is 1. The fourth-order valence-corrected chi connectivity index (χ4v) is 1.88. The molecule has 2 N–H and O–H groups in total. The van der Waals surface area contributed by atoms with Crippen LogP contribution in [0.5, 0.6) is 0 Å². The Morgan fingerprint density at radius 1 is 1.82 bits per heavy atom. The first-order chi connectivity index (χ1) is 5.33. The Bertz CT molecular complexity index is 264. The molecule has 0 radical (unpaired) electrons. The molecular formula is C8H13N3. The number of imidazole rings is 1. The summed E-state index contributed by atoms with van der Waals surface area (Å²) in [5, 5.41) is 0. The maximum Gasteiger partial charge on any atom is 0.0949 e. The standard InChI is InChI=1S/C8H13N3/c1-11-5-10-7-3-2-6(4-9)8(7)11/h5-6H,2-4,9H2,1H3. The van der Waals surface area contributed by atoms with Gasteiger partial charge < -0.3 is 10.3 Å². The highest BCUT2D eigenvalue weighted by atomic mass is 15.0. The molecule has 1 aliphatic carbocycles. The Kier molecular flexibility index (Phi) is 1.46. The van der Waals surface area contributed by atoms with Crippen LogP contribution in [0.25, 0.3) is 0 Å². The summed E-state index contributed by atoms with van der Waals surface area (Å²) in [7, 11) is 2.04. The summed E-state index contributed by atoms with van der Waals surface area (Å²) >= 11 is 0. The Morgan fingerprint density at radius 3 is 3.36 bits per heavy atom. The third-order valence-electron chi connectivity index (χ3n) is 2.46. The molecule has 3 heteroatoms. The van der Waals surface area contributed by atoms with Gasteiger partial charge in [0.15, 0.2) is 0 Å². The number of hydrogen-bond donors (Lipinski definition) is 1. The molecule has 0 amide bonds. The second kappa shape index (κ2) is 2.34. The van der Waals surface area contributed by atoms with Crippen molar-refractivity contribution < 1.29 is 0 Å². The molecule has 1 heterocycles. The highest BCUT2D eigenvalue weighted by Crippen LogP contribution is 2.30. The molecule has 0 fully saturated rings. The van der Waals surface area contributed by atoms with Crippen molar-refractivity contribution in [3.63, 3.8) is 0 Å². The van der Waals surface area contributed by atoms with Crippen LogP contribution >= 0.6 is 0 Å². The highest BCUT2D eigenvalue weighted by Gasteiger charge is 2.24. The van der Waals surface area contributed by atoms with Gasteiger partial charge in [0.1, 0.15) is 0 Å². The zero-order valence-corrected chi connectivity index (χ0v) is 6.75. The largest absolute Gasteiger partial charge is 0.337 e.